The van der Waals surface area contributed by atoms with Gasteiger partial charge in [-0.25, -0.2) is 9.97 Å². The van der Waals surface area contributed by atoms with Crippen LogP contribution in [0, 0.1) is 3.57 Å². The van der Waals surface area contributed by atoms with Crippen LogP contribution in [0.3, 0.4) is 0 Å². The van der Waals surface area contributed by atoms with Crippen molar-refractivity contribution in [3.05, 3.63) is 26.3 Å². The molecule has 2 heterocycles. The molecule has 0 aliphatic carbocycles. The van der Waals surface area contributed by atoms with Crippen LogP contribution in [0.15, 0.2) is 12.1 Å². The quantitative estimate of drug-likeness (QED) is 0.706. The molecule has 0 fully saturated rings. The monoisotopic (exact) mass is 415 g/mol. The van der Waals surface area contributed by atoms with E-state index >= 15 is 0 Å². The van der Waals surface area contributed by atoms with E-state index in [0.29, 0.717) is 0 Å². The summed E-state index contributed by atoms with van der Waals surface area (Å²) in [6, 6.07) is 4.34. The molecule has 0 aliphatic heterocycles. The predicted octanol–water partition coefficient (Wildman–Crippen LogP) is 5.10. The highest BCUT2D eigenvalue weighted by molar-refractivity contribution is 14.1. The Labute approximate surface area is 144 Å². The lowest BCUT2D eigenvalue weighted by atomic mass is 9.95. The molecule has 0 aromatic carbocycles. The zero-order valence-electron chi connectivity index (χ0n) is 13.2. The van der Waals surface area contributed by atoms with Crippen molar-refractivity contribution in [2.75, 3.05) is 12.4 Å². The van der Waals surface area contributed by atoms with Crippen molar-refractivity contribution in [2.24, 2.45) is 0 Å². The summed E-state index contributed by atoms with van der Waals surface area (Å²) < 4.78 is 1.13. The van der Waals surface area contributed by atoms with E-state index in [9.17, 15) is 0 Å². The van der Waals surface area contributed by atoms with Gasteiger partial charge in [0.1, 0.15) is 5.82 Å². The predicted molar refractivity (Wildman–Crippen MR) is 100 cm³/mol. The number of aryl methyl sites for hydroxylation is 1. The first-order valence-electron chi connectivity index (χ1n) is 7.21. The molecular formula is C16H22IN3S. The molecule has 3 nitrogen and oxygen atoms in total. The number of aromatic nitrogens is 2. The summed E-state index contributed by atoms with van der Waals surface area (Å²) in [7, 11) is 1.92. The van der Waals surface area contributed by atoms with Crippen molar-refractivity contribution >= 4 is 39.7 Å². The van der Waals surface area contributed by atoms with Crippen LogP contribution in [-0.4, -0.2) is 17.0 Å². The molecule has 2 rings (SSSR count). The van der Waals surface area contributed by atoms with Gasteiger partial charge in [-0.3, -0.25) is 0 Å². The first-order valence-corrected chi connectivity index (χ1v) is 9.11. The lowest BCUT2D eigenvalue weighted by Gasteiger charge is -2.15. The summed E-state index contributed by atoms with van der Waals surface area (Å²) >= 11 is 4.12. The molecule has 0 bridgehead atoms. The van der Waals surface area contributed by atoms with Crippen LogP contribution >= 0.6 is 33.9 Å². The van der Waals surface area contributed by atoms with E-state index in [4.69, 9.17) is 4.98 Å². The van der Waals surface area contributed by atoms with Crippen molar-refractivity contribution in [1.82, 2.24) is 9.97 Å². The van der Waals surface area contributed by atoms with Gasteiger partial charge in [-0.1, -0.05) is 34.1 Å². The molecule has 0 atom stereocenters. The third kappa shape index (κ3) is 3.74. The van der Waals surface area contributed by atoms with Gasteiger partial charge >= 0.3 is 0 Å². The van der Waals surface area contributed by atoms with E-state index in [-0.39, 0.29) is 5.41 Å². The van der Waals surface area contributed by atoms with Gasteiger partial charge in [-0.05, 0) is 46.6 Å². The zero-order chi connectivity index (χ0) is 15.6. The summed E-state index contributed by atoms with van der Waals surface area (Å²) in [5, 5.41) is 3.19. The average molecular weight is 415 g/mol. The molecule has 0 spiro atoms. The second-order valence-electron chi connectivity index (χ2n) is 6.07. The number of nitrogens with one attached hydrogen (secondary N) is 1. The number of hydrogen-bond acceptors (Lipinski definition) is 4. The van der Waals surface area contributed by atoms with Gasteiger partial charge in [-0.2, -0.15) is 0 Å². The molecular weight excluding hydrogens is 393 g/mol. The van der Waals surface area contributed by atoms with Gasteiger partial charge < -0.3 is 5.32 Å². The third-order valence-corrected chi connectivity index (χ3v) is 5.85. The van der Waals surface area contributed by atoms with Crippen molar-refractivity contribution in [1.29, 1.82) is 0 Å². The van der Waals surface area contributed by atoms with Gasteiger partial charge in [0.15, 0.2) is 5.82 Å². The van der Waals surface area contributed by atoms with Crippen LogP contribution in [0.4, 0.5) is 5.82 Å². The summed E-state index contributed by atoms with van der Waals surface area (Å²) in [6.07, 6.45) is 2.08. The summed E-state index contributed by atoms with van der Waals surface area (Å²) in [4.78, 5) is 12.0. The molecule has 1 N–H and O–H groups in total. The van der Waals surface area contributed by atoms with Crippen LogP contribution in [0.2, 0.25) is 0 Å². The number of hydrogen-bond donors (Lipinski definition) is 1. The Hall–Kier alpha value is -0.690. The van der Waals surface area contributed by atoms with E-state index in [1.54, 1.807) is 11.3 Å². The molecule has 5 heteroatoms. The van der Waals surface area contributed by atoms with Crippen LogP contribution < -0.4 is 5.32 Å². The van der Waals surface area contributed by atoms with Crippen molar-refractivity contribution < 1.29 is 0 Å². The van der Waals surface area contributed by atoms with E-state index in [1.807, 2.05) is 7.05 Å². The Morgan fingerprint density at radius 1 is 1.24 bits per heavy atom. The highest BCUT2D eigenvalue weighted by Gasteiger charge is 2.19. The maximum atomic E-state index is 4.79. The molecule has 2 aromatic rings. The van der Waals surface area contributed by atoms with Gasteiger partial charge in [-0.15, -0.1) is 11.3 Å². The third-order valence-electron chi connectivity index (χ3n) is 3.21. The highest BCUT2D eigenvalue weighted by atomic mass is 127. The van der Waals surface area contributed by atoms with E-state index < -0.39 is 0 Å². The molecule has 0 saturated heterocycles. The molecule has 114 valence electrons. The standard InChI is InChI=1S/C16H22IN3S/c1-6-7-10-13(17)15(18-5)20-14(19-10)11-8-9-12(21-11)16(2,3)4/h8-9H,6-7H2,1-5H3,(H,18,19,20). The molecule has 0 amide bonds. The minimum atomic E-state index is 0.171. The number of halogens is 1. The van der Waals surface area contributed by atoms with Crippen LogP contribution in [0.25, 0.3) is 10.7 Å². The Morgan fingerprint density at radius 2 is 1.95 bits per heavy atom. The lowest BCUT2D eigenvalue weighted by molar-refractivity contribution is 0.604. The molecule has 0 radical (unpaired) electrons. The second-order valence-corrected chi connectivity index (χ2v) is 8.23. The molecule has 2 aromatic heterocycles. The first-order chi connectivity index (χ1) is 9.86. The molecule has 0 aliphatic rings. The minimum absolute atomic E-state index is 0.171. The maximum absolute atomic E-state index is 4.79. The van der Waals surface area contributed by atoms with E-state index in [2.05, 4.69) is 72.7 Å². The lowest BCUT2D eigenvalue weighted by Crippen LogP contribution is -2.07. The van der Waals surface area contributed by atoms with Crippen LogP contribution in [-0.2, 0) is 11.8 Å². The Kier molecular flexibility index (Phi) is 5.24. The second kappa shape index (κ2) is 6.60. The Bertz CT molecular complexity index is 629. The van der Waals surface area contributed by atoms with Gasteiger partial charge in [0.25, 0.3) is 0 Å². The molecule has 0 saturated carbocycles. The summed E-state index contributed by atoms with van der Waals surface area (Å²) in [5.74, 6) is 1.76. The van der Waals surface area contributed by atoms with Crippen LogP contribution in [0.5, 0.6) is 0 Å². The summed E-state index contributed by atoms with van der Waals surface area (Å²) in [5.41, 5.74) is 1.31. The van der Waals surface area contributed by atoms with Gasteiger partial charge in [0, 0.05) is 11.9 Å². The number of thiophene rings is 1. The normalized spacial score (nSPS) is 11.7. The minimum Gasteiger partial charge on any atom is -0.372 e. The van der Waals surface area contributed by atoms with Gasteiger partial charge in [0.05, 0.1) is 14.1 Å². The fourth-order valence-corrected chi connectivity index (χ4v) is 3.81. The van der Waals surface area contributed by atoms with Gasteiger partial charge in [0.2, 0.25) is 0 Å². The number of rotatable bonds is 4. The van der Waals surface area contributed by atoms with Crippen LogP contribution in [0.1, 0.15) is 44.7 Å². The maximum Gasteiger partial charge on any atom is 0.171 e. The van der Waals surface area contributed by atoms with Crippen molar-refractivity contribution in [3.63, 3.8) is 0 Å². The van der Waals surface area contributed by atoms with Crippen molar-refractivity contribution in [3.8, 4) is 10.7 Å². The van der Waals surface area contributed by atoms with Crippen molar-refractivity contribution in [2.45, 2.75) is 46.0 Å². The Morgan fingerprint density at radius 3 is 2.48 bits per heavy atom. The fourth-order valence-electron chi connectivity index (χ4n) is 2.03. The average Bonchev–Trinajstić information content (AvgIpc) is 2.91. The Balaban J connectivity index is 2.48. The number of nitrogens with zero attached hydrogens (tertiary/aromatic N) is 2. The smallest absolute Gasteiger partial charge is 0.171 e. The number of anilines is 1. The SMILES string of the molecule is CCCc1nc(-c2ccc(C(C)(C)C)s2)nc(NC)c1I. The molecule has 0 unspecified atom stereocenters. The fraction of sp³-hybridized carbons (Fsp3) is 0.500. The van der Waals surface area contributed by atoms with E-state index in [0.717, 1.165) is 38.6 Å². The largest absolute Gasteiger partial charge is 0.372 e. The first kappa shape index (κ1) is 16.7. The highest BCUT2D eigenvalue weighted by Crippen LogP contribution is 2.34. The topological polar surface area (TPSA) is 37.8 Å². The molecule has 21 heavy (non-hydrogen) atoms. The summed E-state index contributed by atoms with van der Waals surface area (Å²) in [6.45, 7) is 8.89. The zero-order valence-corrected chi connectivity index (χ0v) is 16.2. The van der Waals surface area contributed by atoms with E-state index in [1.165, 1.54) is 4.88 Å².